The van der Waals surface area contributed by atoms with Crippen molar-refractivity contribution in [2.75, 3.05) is 7.11 Å². The molecule has 0 aliphatic carbocycles. The second-order valence-corrected chi connectivity index (χ2v) is 5.80. The lowest BCUT2D eigenvalue weighted by Crippen LogP contribution is -2.17. The molecule has 8 nitrogen and oxygen atoms in total. The third-order valence-electron chi connectivity index (χ3n) is 3.30. The van der Waals surface area contributed by atoms with Gasteiger partial charge in [-0.25, -0.2) is 10.1 Å². The van der Waals surface area contributed by atoms with Crippen LogP contribution in [-0.4, -0.2) is 39.4 Å². The summed E-state index contributed by atoms with van der Waals surface area (Å²) in [5, 5.41) is 14.9. The van der Waals surface area contributed by atoms with E-state index in [1.807, 2.05) is 18.2 Å². The van der Waals surface area contributed by atoms with Crippen molar-refractivity contribution >= 4 is 28.1 Å². The fourth-order valence-corrected chi connectivity index (χ4v) is 2.46. The number of amides is 1. The Kier molecular flexibility index (Phi) is 5.14. The van der Waals surface area contributed by atoms with Crippen LogP contribution in [0.4, 0.5) is 0 Å². The summed E-state index contributed by atoms with van der Waals surface area (Å²) in [5.41, 5.74) is 4.45. The van der Waals surface area contributed by atoms with E-state index in [1.54, 1.807) is 31.4 Å². The molecule has 1 aromatic heterocycles. The maximum atomic E-state index is 12.1. The molecule has 0 bridgehead atoms. The molecular weight excluding hydrogens is 388 g/mol. The number of hydrazone groups is 1. The zero-order valence-electron chi connectivity index (χ0n) is 13.1. The average molecular weight is 401 g/mol. The first kappa shape index (κ1) is 16.8. The number of ether oxygens (including phenoxy) is 1. The predicted octanol–water partition coefficient (Wildman–Crippen LogP) is 2.20. The van der Waals surface area contributed by atoms with E-state index in [0.717, 1.165) is 15.7 Å². The molecule has 0 radical (unpaired) electrons. The zero-order valence-corrected chi connectivity index (χ0v) is 14.7. The van der Waals surface area contributed by atoms with Gasteiger partial charge < -0.3 is 4.74 Å². The van der Waals surface area contributed by atoms with Crippen molar-refractivity contribution in [3.05, 3.63) is 64.4 Å². The summed E-state index contributed by atoms with van der Waals surface area (Å²) < 4.78 is 7.64. The molecule has 0 unspecified atom stereocenters. The Morgan fingerprint density at radius 2 is 2.08 bits per heavy atom. The lowest BCUT2D eigenvalue weighted by atomic mass is 10.2. The van der Waals surface area contributed by atoms with Gasteiger partial charge in [-0.2, -0.15) is 5.10 Å². The molecule has 1 heterocycles. The van der Waals surface area contributed by atoms with Crippen LogP contribution in [0, 0.1) is 0 Å². The Bertz CT molecular complexity index is 893. The van der Waals surface area contributed by atoms with Crippen LogP contribution in [0.3, 0.4) is 0 Å². The number of methoxy groups -OCH3 is 1. The van der Waals surface area contributed by atoms with E-state index < -0.39 is 0 Å². The number of tetrazole rings is 1. The van der Waals surface area contributed by atoms with Crippen LogP contribution in [0.25, 0.3) is 5.69 Å². The number of halogens is 1. The van der Waals surface area contributed by atoms with Gasteiger partial charge in [-0.05, 0) is 52.9 Å². The number of carbonyl (C=O) groups excluding carboxylic acids is 1. The van der Waals surface area contributed by atoms with Gasteiger partial charge in [-0.1, -0.05) is 15.9 Å². The maximum Gasteiger partial charge on any atom is 0.271 e. The molecule has 3 rings (SSSR count). The van der Waals surface area contributed by atoms with Crippen molar-refractivity contribution in [2.24, 2.45) is 5.10 Å². The minimum Gasteiger partial charge on any atom is -0.496 e. The second-order valence-electron chi connectivity index (χ2n) is 4.89. The molecule has 0 aliphatic heterocycles. The van der Waals surface area contributed by atoms with E-state index >= 15 is 0 Å². The van der Waals surface area contributed by atoms with Crippen molar-refractivity contribution < 1.29 is 9.53 Å². The minimum atomic E-state index is -0.325. The maximum absolute atomic E-state index is 12.1. The molecule has 3 aromatic rings. The smallest absolute Gasteiger partial charge is 0.271 e. The molecule has 1 N–H and O–H groups in total. The molecule has 0 aliphatic rings. The molecule has 126 valence electrons. The molecule has 2 aromatic carbocycles. The minimum absolute atomic E-state index is 0.325. The molecule has 0 atom stereocenters. The SMILES string of the molecule is COc1ccc(Br)cc1/C=N/NC(=O)c1ccc(-n2cnnn2)cc1. The second kappa shape index (κ2) is 7.67. The Morgan fingerprint density at radius 3 is 2.76 bits per heavy atom. The van der Waals surface area contributed by atoms with Crippen molar-refractivity contribution in [3.8, 4) is 11.4 Å². The molecular formula is C16H13BrN6O2. The number of carbonyl (C=O) groups is 1. The van der Waals surface area contributed by atoms with Crippen LogP contribution in [0.1, 0.15) is 15.9 Å². The third-order valence-corrected chi connectivity index (χ3v) is 3.80. The number of hydrogen-bond acceptors (Lipinski definition) is 6. The highest BCUT2D eigenvalue weighted by Crippen LogP contribution is 2.21. The summed E-state index contributed by atoms with van der Waals surface area (Å²) in [6, 6.07) is 12.3. The van der Waals surface area contributed by atoms with Crippen LogP contribution >= 0.6 is 15.9 Å². The molecule has 25 heavy (non-hydrogen) atoms. The lowest BCUT2D eigenvalue weighted by Gasteiger charge is -2.05. The van der Waals surface area contributed by atoms with Gasteiger partial charge in [0, 0.05) is 15.6 Å². The summed E-state index contributed by atoms with van der Waals surface area (Å²) in [4.78, 5) is 12.1. The van der Waals surface area contributed by atoms with Crippen LogP contribution in [0.15, 0.2) is 58.4 Å². The number of benzene rings is 2. The number of hydrogen-bond donors (Lipinski definition) is 1. The first-order valence-electron chi connectivity index (χ1n) is 7.18. The van der Waals surface area contributed by atoms with E-state index in [1.165, 1.54) is 17.2 Å². The van der Waals surface area contributed by atoms with Gasteiger partial charge >= 0.3 is 0 Å². The zero-order chi connectivity index (χ0) is 17.6. The highest BCUT2D eigenvalue weighted by molar-refractivity contribution is 9.10. The molecule has 1 amide bonds. The van der Waals surface area contributed by atoms with Crippen molar-refractivity contribution in [2.45, 2.75) is 0 Å². The Morgan fingerprint density at radius 1 is 1.28 bits per heavy atom. The van der Waals surface area contributed by atoms with Gasteiger partial charge in [0.15, 0.2) is 0 Å². The van der Waals surface area contributed by atoms with E-state index in [0.29, 0.717) is 11.3 Å². The van der Waals surface area contributed by atoms with Gasteiger partial charge in [-0.3, -0.25) is 4.79 Å². The van der Waals surface area contributed by atoms with Gasteiger partial charge in [0.05, 0.1) is 19.0 Å². The van der Waals surface area contributed by atoms with Gasteiger partial charge in [0.1, 0.15) is 12.1 Å². The molecule has 9 heteroatoms. The fraction of sp³-hybridized carbons (Fsp3) is 0.0625. The van der Waals surface area contributed by atoms with Crippen LogP contribution < -0.4 is 10.2 Å². The third kappa shape index (κ3) is 4.07. The molecule has 0 fully saturated rings. The monoisotopic (exact) mass is 400 g/mol. The Balaban J connectivity index is 1.67. The average Bonchev–Trinajstić information content (AvgIpc) is 3.17. The molecule has 0 saturated carbocycles. The normalized spacial score (nSPS) is 10.8. The van der Waals surface area contributed by atoms with Gasteiger partial charge in [0.25, 0.3) is 5.91 Å². The van der Waals surface area contributed by atoms with E-state index in [2.05, 4.69) is 42.0 Å². The number of nitrogens with zero attached hydrogens (tertiary/aromatic N) is 5. The largest absolute Gasteiger partial charge is 0.496 e. The standard InChI is InChI=1S/C16H13BrN6O2/c1-25-15-7-4-13(17)8-12(15)9-18-20-16(24)11-2-5-14(6-3-11)23-10-19-21-22-23/h2-10H,1H3,(H,20,24)/b18-9+. The first-order chi connectivity index (χ1) is 12.2. The summed E-state index contributed by atoms with van der Waals surface area (Å²) in [6.07, 6.45) is 3.00. The molecule has 0 saturated heterocycles. The van der Waals surface area contributed by atoms with Crippen molar-refractivity contribution in [1.82, 2.24) is 25.6 Å². The van der Waals surface area contributed by atoms with E-state index in [-0.39, 0.29) is 5.91 Å². The van der Waals surface area contributed by atoms with E-state index in [4.69, 9.17) is 4.74 Å². The number of nitrogens with one attached hydrogen (secondary N) is 1. The molecule has 0 spiro atoms. The van der Waals surface area contributed by atoms with Gasteiger partial charge in [0.2, 0.25) is 0 Å². The topological polar surface area (TPSA) is 94.3 Å². The summed E-state index contributed by atoms with van der Waals surface area (Å²) >= 11 is 3.39. The summed E-state index contributed by atoms with van der Waals surface area (Å²) in [7, 11) is 1.57. The first-order valence-corrected chi connectivity index (χ1v) is 7.97. The van der Waals surface area contributed by atoms with Crippen LogP contribution in [-0.2, 0) is 0 Å². The van der Waals surface area contributed by atoms with Gasteiger partial charge in [-0.15, -0.1) is 5.10 Å². The predicted molar refractivity (Wildman–Crippen MR) is 94.9 cm³/mol. The summed E-state index contributed by atoms with van der Waals surface area (Å²) in [5.74, 6) is 0.334. The van der Waals surface area contributed by atoms with Crippen LogP contribution in [0.5, 0.6) is 5.75 Å². The summed E-state index contributed by atoms with van der Waals surface area (Å²) in [6.45, 7) is 0. The Labute approximate surface area is 151 Å². The highest BCUT2D eigenvalue weighted by Gasteiger charge is 2.06. The quantitative estimate of drug-likeness (QED) is 0.523. The van der Waals surface area contributed by atoms with Crippen molar-refractivity contribution in [3.63, 3.8) is 0 Å². The number of rotatable bonds is 5. The fourth-order valence-electron chi connectivity index (χ4n) is 2.08. The van der Waals surface area contributed by atoms with Crippen molar-refractivity contribution in [1.29, 1.82) is 0 Å². The lowest BCUT2D eigenvalue weighted by molar-refractivity contribution is 0.0955. The number of aromatic nitrogens is 4. The Hall–Kier alpha value is -3.07. The van der Waals surface area contributed by atoms with Crippen LogP contribution in [0.2, 0.25) is 0 Å². The highest BCUT2D eigenvalue weighted by atomic mass is 79.9. The van der Waals surface area contributed by atoms with E-state index in [9.17, 15) is 4.79 Å².